The molecule has 0 radical (unpaired) electrons. The SMILES string of the molecule is CC(C)c1nnc(C(=O)N2CCC(C(=O)NCc3cccnc3)CC2)s1. The van der Waals surface area contributed by atoms with Crippen molar-refractivity contribution in [2.45, 2.75) is 39.2 Å². The zero-order chi connectivity index (χ0) is 18.5. The number of amides is 2. The van der Waals surface area contributed by atoms with Gasteiger partial charge in [0, 0.05) is 43.9 Å². The molecule has 0 saturated carbocycles. The third kappa shape index (κ3) is 4.43. The van der Waals surface area contributed by atoms with E-state index in [1.165, 1.54) is 11.3 Å². The van der Waals surface area contributed by atoms with Crippen LogP contribution in [0.4, 0.5) is 0 Å². The molecule has 3 rings (SSSR count). The van der Waals surface area contributed by atoms with Gasteiger partial charge < -0.3 is 10.2 Å². The van der Waals surface area contributed by atoms with Crippen LogP contribution in [0.1, 0.15) is 53.0 Å². The Labute approximate surface area is 156 Å². The number of hydrogen-bond donors (Lipinski definition) is 1. The second-order valence-electron chi connectivity index (χ2n) is 6.75. The summed E-state index contributed by atoms with van der Waals surface area (Å²) in [5, 5.41) is 12.4. The van der Waals surface area contributed by atoms with Gasteiger partial charge >= 0.3 is 0 Å². The smallest absolute Gasteiger partial charge is 0.284 e. The fraction of sp³-hybridized carbons (Fsp3) is 0.500. The Morgan fingerprint density at radius 3 is 2.69 bits per heavy atom. The standard InChI is InChI=1S/C18H23N5O2S/c1-12(2)16-21-22-17(26-16)18(25)23-8-5-14(6-9-23)15(24)20-11-13-4-3-7-19-10-13/h3-4,7,10,12,14H,5-6,8-9,11H2,1-2H3,(H,20,24). The molecule has 0 aliphatic carbocycles. The lowest BCUT2D eigenvalue weighted by Crippen LogP contribution is -2.42. The predicted molar refractivity (Wildman–Crippen MR) is 98.7 cm³/mol. The van der Waals surface area contributed by atoms with E-state index in [2.05, 4.69) is 20.5 Å². The van der Waals surface area contributed by atoms with Crippen molar-refractivity contribution in [3.8, 4) is 0 Å². The fourth-order valence-corrected chi connectivity index (χ4v) is 3.68. The molecule has 1 aliphatic rings. The van der Waals surface area contributed by atoms with Gasteiger partial charge in [0.2, 0.25) is 10.9 Å². The minimum absolute atomic E-state index is 0.0407. The van der Waals surface area contributed by atoms with E-state index in [0.29, 0.717) is 37.5 Å². The Bertz CT molecular complexity index is 754. The van der Waals surface area contributed by atoms with E-state index >= 15 is 0 Å². The van der Waals surface area contributed by atoms with Gasteiger partial charge in [-0.1, -0.05) is 31.3 Å². The van der Waals surface area contributed by atoms with Gasteiger partial charge in [-0.05, 0) is 24.5 Å². The number of likely N-dealkylation sites (tertiary alicyclic amines) is 1. The molecule has 0 atom stereocenters. The number of pyridine rings is 1. The molecule has 0 unspecified atom stereocenters. The summed E-state index contributed by atoms with van der Waals surface area (Å²) >= 11 is 1.36. The molecular weight excluding hydrogens is 350 g/mol. The Morgan fingerprint density at radius 1 is 1.31 bits per heavy atom. The summed E-state index contributed by atoms with van der Waals surface area (Å²) in [6.45, 7) is 5.68. The van der Waals surface area contributed by atoms with Crippen molar-refractivity contribution in [1.29, 1.82) is 0 Å². The van der Waals surface area contributed by atoms with E-state index in [4.69, 9.17) is 0 Å². The normalized spacial score (nSPS) is 15.3. The first-order chi connectivity index (χ1) is 12.5. The van der Waals surface area contributed by atoms with E-state index in [9.17, 15) is 9.59 Å². The van der Waals surface area contributed by atoms with Gasteiger partial charge in [-0.2, -0.15) is 0 Å². The van der Waals surface area contributed by atoms with Gasteiger partial charge in [0.1, 0.15) is 5.01 Å². The molecule has 7 nitrogen and oxygen atoms in total. The van der Waals surface area contributed by atoms with Crippen molar-refractivity contribution in [3.05, 3.63) is 40.1 Å². The maximum absolute atomic E-state index is 12.5. The Balaban J connectivity index is 1.48. The largest absolute Gasteiger partial charge is 0.352 e. The second kappa shape index (κ2) is 8.35. The zero-order valence-corrected chi connectivity index (χ0v) is 15.8. The molecule has 1 aliphatic heterocycles. The van der Waals surface area contributed by atoms with Crippen molar-refractivity contribution < 1.29 is 9.59 Å². The van der Waals surface area contributed by atoms with Crippen LogP contribution in [0.25, 0.3) is 0 Å². The molecule has 0 aromatic carbocycles. The van der Waals surface area contributed by atoms with Crippen LogP contribution in [0, 0.1) is 5.92 Å². The minimum atomic E-state index is -0.0800. The van der Waals surface area contributed by atoms with E-state index in [1.807, 2.05) is 26.0 Å². The molecule has 8 heteroatoms. The van der Waals surface area contributed by atoms with Crippen molar-refractivity contribution in [1.82, 2.24) is 25.4 Å². The molecule has 138 valence electrons. The summed E-state index contributed by atoms with van der Waals surface area (Å²) in [7, 11) is 0. The minimum Gasteiger partial charge on any atom is -0.352 e. The monoisotopic (exact) mass is 373 g/mol. The average molecular weight is 373 g/mol. The molecule has 0 spiro atoms. The van der Waals surface area contributed by atoms with Crippen molar-refractivity contribution >= 4 is 23.2 Å². The Kier molecular flexibility index (Phi) is 5.92. The lowest BCUT2D eigenvalue weighted by molar-refractivity contribution is -0.126. The lowest BCUT2D eigenvalue weighted by Gasteiger charge is -2.30. The van der Waals surface area contributed by atoms with E-state index in [0.717, 1.165) is 10.6 Å². The van der Waals surface area contributed by atoms with Crippen LogP contribution in [-0.4, -0.2) is 45.0 Å². The third-order valence-electron chi connectivity index (χ3n) is 4.46. The topological polar surface area (TPSA) is 88.1 Å². The highest BCUT2D eigenvalue weighted by Gasteiger charge is 2.29. The molecule has 1 fully saturated rings. The van der Waals surface area contributed by atoms with Crippen molar-refractivity contribution in [3.63, 3.8) is 0 Å². The molecular formula is C18H23N5O2S. The van der Waals surface area contributed by atoms with Gasteiger partial charge in [0.25, 0.3) is 5.91 Å². The van der Waals surface area contributed by atoms with Gasteiger partial charge in [-0.15, -0.1) is 10.2 Å². The highest BCUT2D eigenvalue weighted by atomic mass is 32.1. The summed E-state index contributed by atoms with van der Waals surface area (Å²) < 4.78 is 0. The number of nitrogens with one attached hydrogen (secondary N) is 1. The van der Waals surface area contributed by atoms with Crippen LogP contribution in [0.3, 0.4) is 0 Å². The van der Waals surface area contributed by atoms with Crippen molar-refractivity contribution in [2.75, 3.05) is 13.1 Å². The molecule has 2 aromatic rings. The number of nitrogens with zero attached hydrogens (tertiary/aromatic N) is 4. The maximum atomic E-state index is 12.5. The first-order valence-corrected chi connectivity index (χ1v) is 9.65. The first kappa shape index (κ1) is 18.4. The highest BCUT2D eigenvalue weighted by molar-refractivity contribution is 7.13. The first-order valence-electron chi connectivity index (χ1n) is 8.84. The molecule has 26 heavy (non-hydrogen) atoms. The van der Waals surface area contributed by atoms with Crippen LogP contribution in [0.15, 0.2) is 24.5 Å². The van der Waals surface area contributed by atoms with Crippen molar-refractivity contribution in [2.24, 2.45) is 5.92 Å². The van der Waals surface area contributed by atoms with Gasteiger partial charge in [0.15, 0.2) is 0 Å². The van der Waals surface area contributed by atoms with Gasteiger partial charge in [-0.3, -0.25) is 14.6 Å². The maximum Gasteiger partial charge on any atom is 0.284 e. The summed E-state index contributed by atoms with van der Waals surface area (Å²) in [6, 6.07) is 3.78. The third-order valence-corrected chi connectivity index (χ3v) is 5.67. The lowest BCUT2D eigenvalue weighted by atomic mass is 9.96. The Morgan fingerprint density at radius 2 is 2.08 bits per heavy atom. The number of aromatic nitrogens is 3. The van der Waals surface area contributed by atoms with Crippen LogP contribution in [0.5, 0.6) is 0 Å². The summed E-state index contributed by atoms with van der Waals surface area (Å²) in [5.74, 6) is 0.169. The van der Waals surface area contributed by atoms with Crippen LogP contribution < -0.4 is 5.32 Å². The number of carbonyl (C=O) groups excluding carboxylic acids is 2. The van der Waals surface area contributed by atoms with Crippen LogP contribution in [-0.2, 0) is 11.3 Å². The Hall–Kier alpha value is -2.35. The molecule has 1 N–H and O–H groups in total. The van der Waals surface area contributed by atoms with Crippen LogP contribution in [0.2, 0.25) is 0 Å². The average Bonchev–Trinajstić information content (AvgIpc) is 3.17. The molecule has 0 bridgehead atoms. The molecule has 2 aromatic heterocycles. The van der Waals surface area contributed by atoms with E-state index in [1.54, 1.807) is 17.3 Å². The highest BCUT2D eigenvalue weighted by Crippen LogP contribution is 2.23. The number of hydrogen-bond acceptors (Lipinski definition) is 6. The number of rotatable bonds is 5. The number of piperidine rings is 1. The number of carbonyl (C=O) groups is 2. The predicted octanol–water partition coefficient (Wildman–Crippen LogP) is 2.23. The summed E-state index contributed by atoms with van der Waals surface area (Å²) in [5.41, 5.74) is 0.977. The second-order valence-corrected chi connectivity index (χ2v) is 7.75. The summed E-state index contributed by atoms with van der Waals surface area (Å²) in [6.07, 6.45) is 4.79. The van der Waals surface area contributed by atoms with Crippen LogP contribution >= 0.6 is 11.3 Å². The van der Waals surface area contributed by atoms with E-state index < -0.39 is 0 Å². The van der Waals surface area contributed by atoms with E-state index in [-0.39, 0.29) is 23.7 Å². The fourth-order valence-electron chi connectivity index (χ4n) is 2.87. The molecule has 2 amide bonds. The molecule has 1 saturated heterocycles. The quantitative estimate of drug-likeness (QED) is 0.868. The summed E-state index contributed by atoms with van der Waals surface area (Å²) in [4.78, 5) is 30.7. The van der Waals surface area contributed by atoms with Gasteiger partial charge in [-0.25, -0.2) is 0 Å². The molecule has 3 heterocycles. The van der Waals surface area contributed by atoms with Gasteiger partial charge in [0.05, 0.1) is 0 Å². The zero-order valence-electron chi connectivity index (χ0n) is 15.0.